The van der Waals surface area contributed by atoms with Crippen molar-refractivity contribution in [3.8, 4) is 0 Å². The molecule has 0 spiro atoms. The van der Waals surface area contributed by atoms with Crippen molar-refractivity contribution in [3.63, 3.8) is 0 Å². The molecule has 0 amide bonds. The summed E-state index contributed by atoms with van der Waals surface area (Å²) < 4.78 is 0. The van der Waals surface area contributed by atoms with E-state index in [0.717, 1.165) is 32.0 Å². The molecule has 2 N–H and O–H groups in total. The predicted octanol–water partition coefficient (Wildman–Crippen LogP) is 4.25. The van der Waals surface area contributed by atoms with Crippen LogP contribution in [-0.2, 0) is 0 Å². The molecule has 2 aromatic rings. The average molecular weight is 393 g/mol. The Morgan fingerprint density at radius 2 is 1.52 bits per heavy atom. The fourth-order valence-electron chi connectivity index (χ4n) is 4.18. The SMILES string of the molecule is CN=C(NCCC(c1ccccc1)c1ccccc1)NC1CCN(C(C)C)CC1. The molecule has 0 aromatic heterocycles. The quantitative estimate of drug-likeness (QED) is 0.547. The van der Waals surface area contributed by atoms with Gasteiger partial charge in [-0.2, -0.15) is 0 Å². The van der Waals surface area contributed by atoms with E-state index in [9.17, 15) is 0 Å². The number of benzene rings is 2. The van der Waals surface area contributed by atoms with Crippen LogP contribution in [0.15, 0.2) is 65.7 Å². The molecule has 1 aliphatic heterocycles. The molecule has 1 fully saturated rings. The Morgan fingerprint density at radius 3 is 2.00 bits per heavy atom. The first-order valence-electron chi connectivity index (χ1n) is 11.0. The molecule has 0 atom stereocenters. The highest BCUT2D eigenvalue weighted by molar-refractivity contribution is 5.79. The Labute approximate surface area is 176 Å². The summed E-state index contributed by atoms with van der Waals surface area (Å²) in [5, 5.41) is 7.18. The van der Waals surface area contributed by atoms with Crippen LogP contribution in [0.25, 0.3) is 0 Å². The second-order valence-corrected chi connectivity index (χ2v) is 8.21. The number of likely N-dealkylation sites (tertiary alicyclic amines) is 1. The number of rotatable bonds is 7. The topological polar surface area (TPSA) is 39.7 Å². The lowest BCUT2D eigenvalue weighted by Gasteiger charge is -2.35. The highest BCUT2D eigenvalue weighted by atomic mass is 15.2. The van der Waals surface area contributed by atoms with Crippen LogP contribution in [0.3, 0.4) is 0 Å². The van der Waals surface area contributed by atoms with Gasteiger partial charge in [0.1, 0.15) is 0 Å². The van der Waals surface area contributed by atoms with E-state index in [0.29, 0.717) is 18.0 Å². The molecular formula is C25H36N4. The molecular weight excluding hydrogens is 356 g/mol. The number of guanidine groups is 1. The third-order valence-corrected chi connectivity index (χ3v) is 5.95. The number of nitrogens with zero attached hydrogens (tertiary/aromatic N) is 2. The molecule has 2 aromatic carbocycles. The van der Waals surface area contributed by atoms with Gasteiger partial charge in [-0.1, -0.05) is 60.7 Å². The molecule has 0 unspecified atom stereocenters. The van der Waals surface area contributed by atoms with Crippen LogP contribution >= 0.6 is 0 Å². The maximum absolute atomic E-state index is 4.46. The van der Waals surface area contributed by atoms with Crippen LogP contribution in [0.2, 0.25) is 0 Å². The largest absolute Gasteiger partial charge is 0.356 e. The zero-order valence-corrected chi connectivity index (χ0v) is 18.1. The first-order valence-corrected chi connectivity index (χ1v) is 11.0. The van der Waals surface area contributed by atoms with Gasteiger partial charge in [0.15, 0.2) is 5.96 Å². The summed E-state index contributed by atoms with van der Waals surface area (Å²) in [7, 11) is 1.87. The van der Waals surface area contributed by atoms with Crippen molar-refractivity contribution < 1.29 is 0 Å². The molecule has 0 bridgehead atoms. The second kappa shape index (κ2) is 11.0. The van der Waals surface area contributed by atoms with Gasteiger partial charge in [0.25, 0.3) is 0 Å². The highest BCUT2D eigenvalue weighted by Crippen LogP contribution is 2.27. The van der Waals surface area contributed by atoms with Crippen LogP contribution < -0.4 is 10.6 Å². The molecule has 156 valence electrons. The molecule has 1 saturated heterocycles. The number of piperidine rings is 1. The molecule has 3 rings (SSSR count). The maximum atomic E-state index is 4.46. The minimum absolute atomic E-state index is 0.386. The summed E-state index contributed by atoms with van der Waals surface area (Å²) in [4.78, 5) is 7.01. The van der Waals surface area contributed by atoms with E-state index in [4.69, 9.17) is 0 Å². The molecule has 0 radical (unpaired) electrons. The second-order valence-electron chi connectivity index (χ2n) is 8.21. The van der Waals surface area contributed by atoms with E-state index < -0.39 is 0 Å². The molecule has 29 heavy (non-hydrogen) atoms. The van der Waals surface area contributed by atoms with Gasteiger partial charge in [-0.05, 0) is 44.2 Å². The summed E-state index contributed by atoms with van der Waals surface area (Å²) in [6.07, 6.45) is 3.38. The number of nitrogens with one attached hydrogen (secondary N) is 2. The third kappa shape index (κ3) is 6.33. The Balaban J connectivity index is 1.53. The van der Waals surface area contributed by atoms with Crippen molar-refractivity contribution in [1.82, 2.24) is 15.5 Å². The van der Waals surface area contributed by atoms with Crippen LogP contribution in [-0.4, -0.2) is 49.6 Å². The van der Waals surface area contributed by atoms with Crippen molar-refractivity contribution in [2.45, 2.75) is 51.1 Å². The van der Waals surface area contributed by atoms with Gasteiger partial charge in [-0.15, -0.1) is 0 Å². The van der Waals surface area contributed by atoms with Crippen molar-refractivity contribution in [2.75, 3.05) is 26.7 Å². The van der Waals surface area contributed by atoms with Crippen LogP contribution in [0.4, 0.5) is 0 Å². The average Bonchev–Trinajstić information content (AvgIpc) is 2.77. The monoisotopic (exact) mass is 392 g/mol. The minimum atomic E-state index is 0.386. The van der Waals surface area contributed by atoms with Crippen molar-refractivity contribution >= 4 is 5.96 Å². The summed E-state index contributed by atoms with van der Waals surface area (Å²) in [5.74, 6) is 1.31. The van der Waals surface area contributed by atoms with E-state index in [1.165, 1.54) is 24.0 Å². The predicted molar refractivity (Wildman–Crippen MR) is 124 cm³/mol. The van der Waals surface area contributed by atoms with Crippen molar-refractivity contribution in [3.05, 3.63) is 71.8 Å². The Morgan fingerprint density at radius 1 is 0.966 bits per heavy atom. The third-order valence-electron chi connectivity index (χ3n) is 5.95. The Hall–Kier alpha value is -2.33. The van der Waals surface area contributed by atoms with Gasteiger partial charge in [-0.3, -0.25) is 4.99 Å². The summed E-state index contributed by atoms with van der Waals surface area (Å²) in [5.41, 5.74) is 2.73. The summed E-state index contributed by atoms with van der Waals surface area (Å²) >= 11 is 0. The van der Waals surface area contributed by atoms with Gasteiger partial charge in [0.2, 0.25) is 0 Å². The normalized spacial score (nSPS) is 16.4. The smallest absolute Gasteiger partial charge is 0.191 e. The summed E-state index contributed by atoms with van der Waals surface area (Å²) in [6.45, 7) is 7.78. The van der Waals surface area contributed by atoms with Crippen LogP contribution in [0.1, 0.15) is 50.2 Å². The van der Waals surface area contributed by atoms with Gasteiger partial charge in [-0.25, -0.2) is 0 Å². The van der Waals surface area contributed by atoms with Crippen molar-refractivity contribution in [2.24, 2.45) is 4.99 Å². The molecule has 0 aliphatic carbocycles. The van der Waals surface area contributed by atoms with Gasteiger partial charge in [0.05, 0.1) is 0 Å². The lowest BCUT2D eigenvalue weighted by molar-refractivity contribution is 0.167. The fraction of sp³-hybridized carbons (Fsp3) is 0.480. The first-order chi connectivity index (χ1) is 14.2. The van der Waals surface area contributed by atoms with Gasteiger partial charge in [0, 0.05) is 44.7 Å². The van der Waals surface area contributed by atoms with E-state index in [2.05, 4.69) is 95.0 Å². The zero-order valence-electron chi connectivity index (χ0n) is 18.1. The van der Waals surface area contributed by atoms with Crippen LogP contribution in [0, 0.1) is 0 Å². The van der Waals surface area contributed by atoms with Crippen LogP contribution in [0.5, 0.6) is 0 Å². The lowest BCUT2D eigenvalue weighted by Crippen LogP contribution is -2.50. The molecule has 0 saturated carbocycles. The van der Waals surface area contributed by atoms with Gasteiger partial charge >= 0.3 is 0 Å². The number of hydrogen-bond donors (Lipinski definition) is 2. The van der Waals surface area contributed by atoms with E-state index >= 15 is 0 Å². The molecule has 4 nitrogen and oxygen atoms in total. The van der Waals surface area contributed by atoms with E-state index in [1.54, 1.807) is 0 Å². The molecule has 1 heterocycles. The Bertz CT molecular complexity index is 694. The lowest BCUT2D eigenvalue weighted by atomic mass is 9.88. The molecule has 1 aliphatic rings. The first kappa shape index (κ1) is 21.4. The number of aliphatic imine (C=N–C) groups is 1. The van der Waals surface area contributed by atoms with Crippen molar-refractivity contribution in [1.29, 1.82) is 0 Å². The van der Waals surface area contributed by atoms with Gasteiger partial charge < -0.3 is 15.5 Å². The molecule has 4 heteroatoms. The van der Waals surface area contributed by atoms with E-state index in [1.807, 2.05) is 7.05 Å². The van der Waals surface area contributed by atoms with E-state index in [-0.39, 0.29) is 0 Å². The summed E-state index contributed by atoms with van der Waals surface area (Å²) in [6, 6.07) is 22.7. The highest BCUT2D eigenvalue weighted by Gasteiger charge is 2.21. The number of hydrogen-bond acceptors (Lipinski definition) is 2. The fourth-order valence-corrected chi connectivity index (χ4v) is 4.18. The minimum Gasteiger partial charge on any atom is -0.356 e. The standard InChI is InChI=1S/C25H36N4/c1-20(2)29-18-15-23(16-19-29)28-25(26-3)27-17-14-24(21-10-6-4-7-11-21)22-12-8-5-9-13-22/h4-13,20,23-24H,14-19H2,1-3H3,(H2,26,27,28). The maximum Gasteiger partial charge on any atom is 0.191 e. The zero-order chi connectivity index (χ0) is 20.5. The Kier molecular flexibility index (Phi) is 8.12.